The molecule has 3 aromatic carbocycles. The third-order valence-corrected chi connectivity index (χ3v) is 5.67. The molecule has 32 heavy (non-hydrogen) atoms. The highest BCUT2D eigenvalue weighted by molar-refractivity contribution is 6.05. The van der Waals surface area contributed by atoms with Gasteiger partial charge in [-0.15, -0.1) is 0 Å². The second-order valence-electron chi connectivity index (χ2n) is 7.77. The number of rotatable bonds is 3. The van der Waals surface area contributed by atoms with E-state index in [1.807, 2.05) is 54.6 Å². The lowest BCUT2D eigenvalue weighted by Crippen LogP contribution is -2.36. The Bertz CT molecular complexity index is 1390. The standard InChI is InChI=1S/C26H20N2O4/c29-24(22-15-19-8-4-5-9-23(19)32-26(22)31)27-21-11-10-17-12-13-28(16-20(17)14-21)25(30)18-6-2-1-3-7-18/h1-11,14-15H,12-13,16H2,(H,27,29). The number of amides is 2. The Morgan fingerprint density at radius 2 is 1.66 bits per heavy atom. The second-order valence-corrected chi connectivity index (χ2v) is 7.77. The van der Waals surface area contributed by atoms with Gasteiger partial charge in [0.2, 0.25) is 0 Å². The maximum atomic E-state index is 12.8. The van der Waals surface area contributed by atoms with Crippen molar-refractivity contribution in [3.05, 3.63) is 112 Å². The fourth-order valence-electron chi connectivity index (χ4n) is 3.99. The summed E-state index contributed by atoms with van der Waals surface area (Å²) in [4.78, 5) is 39.7. The van der Waals surface area contributed by atoms with Crippen molar-refractivity contribution >= 4 is 28.5 Å². The molecule has 1 N–H and O–H groups in total. The molecule has 0 fully saturated rings. The van der Waals surface area contributed by atoms with E-state index >= 15 is 0 Å². The molecule has 0 atom stereocenters. The Morgan fingerprint density at radius 1 is 0.875 bits per heavy atom. The van der Waals surface area contributed by atoms with Crippen LogP contribution in [0.3, 0.4) is 0 Å². The molecule has 0 spiro atoms. The second kappa shape index (κ2) is 8.15. The number of para-hydroxylation sites is 1. The number of fused-ring (bicyclic) bond motifs is 2. The first kappa shape index (κ1) is 19.8. The lowest BCUT2D eigenvalue weighted by molar-refractivity contribution is 0.0734. The van der Waals surface area contributed by atoms with Crippen LogP contribution in [0.1, 0.15) is 31.8 Å². The van der Waals surface area contributed by atoms with Gasteiger partial charge in [-0.25, -0.2) is 4.79 Å². The van der Waals surface area contributed by atoms with Gasteiger partial charge in [0, 0.05) is 29.7 Å². The summed E-state index contributed by atoms with van der Waals surface area (Å²) in [6.45, 7) is 1.11. The van der Waals surface area contributed by atoms with E-state index < -0.39 is 11.5 Å². The van der Waals surface area contributed by atoms with E-state index in [1.165, 1.54) is 6.07 Å². The van der Waals surface area contributed by atoms with Crippen molar-refractivity contribution in [2.24, 2.45) is 0 Å². The molecule has 2 amide bonds. The molecule has 0 saturated carbocycles. The average molecular weight is 424 g/mol. The van der Waals surface area contributed by atoms with Crippen LogP contribution < -0.4 is 10.9 Å². The molecular weight excluding hydrogens is 404 g/mol. The molecular formula is C26H20N2O4. The summed E-state index contributed by atoms with van der Waals surface area (Å²) in [6.07, 6.45) is 0.746. The zero-order valence-corrected chi connectivity index (χ0v) is 17.2. The molecule has 6 nitrogen and oxygen atoms in total. The van der Waals surface area contributed by atoms with Crippen LogP contribution in [0.15, 0.2) is 88.1 Å². The monoisotopic (exact) mass is 424 g/mol. The number of anilines is 1. The third kappa shape index (κ3) is 3.78. The van der Waals surface area contributed by atoms with E-state index in [9.17, 15) is 14.4 Å². The van der Waals surface area contributed by atoms with E-state index in [2.05, 4.69) is 5.32 Å². The van der Waals surface area contributed by atoms with Crippen molar-refractivity contribution in [1.82, 2.24) is 4.90 Å². The van der Waals surface area contributed by atoms with Crippen LogP contribution in [0, 0.1) is 0 Å². The van der Waals surface area contributed by atoms with Crippen LogP contribution in [0.4, 0.5) is 5.69 Å². The summed E-state index contributed by atoms with van der Waals surface area (Å²) < 4.78 is 5.26. The minimum atomic E-state index is -0.682. The van der Waals surface area contributed by atoms with Crippen molar-refractivity contribution in [1.29, 1.82) is 0 Å². The SMILES string of the molecule is O=C(Nc1ccc2c(c1)CN(C(=O)c1ccccc1)CC2)c1cc2ccccc2oc1=O. The zero-order valence-electron chi connectivity index (χ0n) is 17.2. The molecule has 4 aromatic rings. The fraction of sp³-hybridized carbons (Fsp3) is 0.115. The third-order valence-electron chi connectivity index (χ3n) is 5.67. The maximum Gasteiger partial charge on any atom is 0.349 e. The molecule has 0 aliphatic carbocycles. The van der Waals surface area contributed by atoms with Gasteiger partial charge in [0.25, 0.3) is 11.8 Å². The van der Waals surface area contributed by atoms with Gasteiger partial charge in [-0.2, -0.15) is 0 Å². The topological polar surface area (TPSA) is 79.6 Å². The van der Waals surface area contributed by atoms with Crippen molar-refractivity contribution in [3.8, 4) is 0 Å². The highest BCUT2D eigenvalue weighted by Gasteiger charge is 2.22. The number of benzene rings is 3. The molecule has 1 aliphatic heterocycles. The number of hydrogen-bond donors (Lipinski definition) is 1. The molecule has 0 bridgehead atoms. The summed E-state index contributed by atoms with van der Waals surface area (Å²) in [7, 11) is 0. The van der Waals surface area contributed by atoms with Gasteiger partial charge in [-0.1, -0.05) is 42.5 Å². The summed E-state index contributed by atoms with van der Waals surface area (Å²) in [6, 6.07) is 23.4. The van der Waals surface area contributed by atoms with Gasteiger partial charge in [0.05, 0.1) is 0 Å². The average Bonchev–Trinajstić information content (AvgIpc) is 2.83. The Balaban J connectivity index is 1.37. The minimum Gasteiger partial charge on any atom is -0.422 e. The van der Waals surface area contributed by atoms with Gasteiger partial charge >= 0.3 is 5.63 Å². The number of carbonyl (C=O) groups excluding carboxylic acids is 2. The van der Waals surface area contributed by atoms with E-state index in [0.29, 0.717) is 35.3 Å². The molecule has 1 aromatic heterocycles. The number of nitrogens with one attached hydrogen (secondary N) is 1. The van der Waals surface area contributed by atoms with Crippen molar-refractivity contribution in [2.45, 2.75) is 13.0 Å². The smallest absolute Gasteiger partial charge is 0.349 e. The molecule has 6 heteroatoms. The van der Waals surface area contributed by atoms with Crippen molar-refractivity contribution in [2.75, 3.05) is 11.9 Å². The summed E-state index contributed by atoms with van der Waals surface area (Å²) >= 11 is 0. The molecule has 0 unspecified atom stereocenters. The lowest BCUT2D eigenvalue weighted by Gasteiger charge is -2.29. The summed E-state index contributed by atoms with van der Waals surface area (Å²) in [5, 5.41) is 3.47. The van der Waals surface area contributed by atoms with Gasteiger partial charge < -0.3 is 14.6 Å². The Hall–Kier alpha value is -4.19. The van der Waals surface area contributed by atoms with Crippen LogP contribution in [-0.4, -0.2) is 23.3 Å². The molecule has 1 aliphatic rings. The first-order valence-corrected chi connectivity index (χ1v) is 10.4. The number of hydrogen-bond acceptors (Lipinski definition) is 4. The first-order chi connectivity index (χ1) is 15.6. The Morgan fingerprint density at radius 3 is 2.50 bits per heavy atom. The summed E-state index contributed by atoms with van der Waals surface area (Å²) in [5.74, 6) is -0.544. The minimum absolute atomic E-state index is 0.0144. The van der Waals surface area contributed by atoms with Crippen molar-refractivity contribution in [3.63, 3.8) is 0 Å². The van der Waals surface area contributed by atoms with Gasteiger partial charge in [-0.3, -0.25) is 9.59 Å². The quantitative estimate of drug-likeness (QED) is 0.499. The van der Waals surface area contributed by atoms with Crippen LogP contribution in [0.25, 0.3) is 11.0 Å². The van der Waals surface area contributed by atoms with Crippen LogP contribution >= 0.6 is 0 Å². The normalized spacial score (nSPS) is 12.9. The molecule has 2 heterocycles. The predicted molar refractivity (Wildman–Crippen MR) is 122 cm³/mol. The van der Waals surface area contributed by atoms with E-state index in [-0.39, 0.29) is 11.5 Å². The van der Waals surface area contributed by atoms with E-state index in [0.717, 1.165) is 17.5 Å². The van der Waals surface area contributed by atoms with Gasteiger partial charge in [0.1, 0.15) is 11.1 Å². The number of nitrogens with zero attached hydrogens (tertiary/aromatic N) is 1. The molecule has 5 rings (SSSR count). The molecule has 0 radical (unpaired) electrons. The highest BCUT2D eigenvalue weighted by Crippen LogP contribution is 2.24. The van der Waals surface area contributed by atoms with Crippen LogP contribution in [0.5, 0.6) is 0 Å². The first-order valence-electron chi connectivity index (χ1n) is 10.4. The fourth-order valence-corrected chi connectivity index (χ4v) is 3.99. The lowest BCUT2D eigenvalue weighted by atomic mass is 9.98. The van der Waals surface area contributed by atoms with Crippen LogP contribution in [-0.2, 0) is 13.0 Å². The van der Waals surface area contributed by atoms with E-state index in [4.69, 9.17) is 4.42 Å². The van der Waals surface area contributed by atoms with Gasteiger partial charge in [0.15, 0.2) is 0 Å². The molecule has 158 valence electrons. The molecule has 0 saturated heterocycles. The highest BCUT2D eigenvalue weighted by atomic mass is 16.4. The largest absolute Gasteiger partial charge is 0.422 e. The zero-order chi connectivity index (χ0) is 22.1. The van der Waals surface area contributed by atoms with Crippen LogP contribution in [0.2, 0.25) is 0 Å². The Kier molecular flexibility index (Phi) is 5.03. The maximum absolute atomic E-state index is 12.8. The number of carbonyl (C=O) groups is 2. The van der Waals surface area contributed by atoms with Gasteiger partial charge in [-0.05, 0) is 53.9 Å². The summed E-state index contributed by atoms with van der Waals surface area (Å²) in [5.41, 5.74) is 3.04. The van der Waals surface area contributed by atoms with Crippen molar-refractivity contribution < 1.29 is 14.0 Å². The van der Waals surface area contributed by atoms with E-state index in [1.54, 1.807) is 23.1 Å². The predicted octanol–water partition coefficient (Wildman–Crippen LogP) is 4.24. The Labute approximate surface area is 184 Å².